The zero-order valence-electron chi connectivity index (χ0n) is 14.1. The Kier molecular flexibility index (Phi) is 6.58. The smallest absolute Gasteiger partial charge is 0.341 e. The highest BCUT2D eigenvalue weighted by Crippen LogP contribution is 2.19. The van der Waals surface area contributed by atoms with Crippen LogP contribution in [0, 0.1) is 5.82 Å². The van der Waals surface area contributed by atoms with Crippen LogP contribution in [0.3, 0.4) is 0 Å². The largest absolute Gasteiger partial charge is 0.497 e. The number of halogens is 1. The topological polar surface area (TPSA) is 64.6 Å². The molecule has 0 radical (unpaired) electrons. The molecule has 0 unspecified atom stereocenters. The Morgan fingerprint density at radius 2 is 1.88 bits per heavy atom. The van der Waals surface area contributed by atoms with E-state index in [1.165, 1.54) is 39.0 Å². The van der Waals surface area contributed by atoms with Crippen LogP contribution in [0.25, 0.3) is 0 Å². The van der Waals surface area contributed by atoms with E-state index in [4.69, 9.17) is 9.47 Å². The van der Waals surface area contributed by atoms with Crippen LogP contribution >= 0.6 is 0 Å². The minimum absolute atomic E-state index is 0.124. The molecule has 1 aromatic rings. The molecule has 0 heterocycles. The highest BCUT2D eigenvalue weighted by Gasteiger charge is 2.23. The van der Waals surface area contributed by atoms with Crippen LogP contribution in [0.2, 0.25) is 0 Å². The summed E-state index contributed by atoms with van der Waals surface area (Å²) in [6, 6.07) is 3.98. The van der Waals surface area contributed by atoms with E-state index in [2.05, 4.69) is 5.32 Å². The zero-order chi connectivity index (χ0) is 17.5. The molecule has 0 saturated heterocycles. The fraction of sp³-hybridized carbons (Fsp3) is 0.556. The number of esters is 1. The molecule has 0 spiro atoms. The minimum atomic E-state index is -0.970. The van der Waals surface area contributed by atoms with Crippen molar-refractivity contribution in [1.82, 2.24) is 5.32 Å². The van der Waals surface area contributed by atoms with Gasteiger partial charge in [0.2, 0.25) is 0 Å². The van der Waals surface area contributed by atoms with E-state index in [-0.39, 0.29) is 17.5 Å². The van der Waals surface area contributed by atoms with Gasteiger partial charge in [-0.3, -0.25) is 4.79 Å². The fourth-order valence-corrected chi connectivity index (χ4v) is 2.81. The first kappa shape index (κ1) is 18.2. The lowest BCUT2D eigenvalue weighted by molar-refractivity contribution is -0.129. The summed E-state index contributed by atoms with van der Waals surface area (Å²) in [4.78, 5) is 24.2. The molecule has 5 nitrogen and oxygen atoms in total. The Hall–Kier alpha value is -2.11. The van der Waals surface area contributed by atoms with Crippen molar-refractivity contribution in [3.8, 4) is 5.75 Å². The molecule has 1 aliphatic rings. The predicted octanol–water partition coefficient (Wildman–Crippen LogP) is 3.22. The summed E-state index contributed by atoms with van der Waals surface area (Å²) in [5.74, 6) is -1.64. The molecule has 1 N–H and O–H groups in total. The van der Waals surface area contributed by atoms with Gasteiger partial charge < -0.3 is 14.8 Å². The average molecular weight is 337 g/mol. The van der Waals surface area contributed by atoms with E-state index in [0.29, 0.717) is 5.75 Å². The third-order valence-corrected chi connectivity index (χ3v) is 4.25. The molecule has 0 aliphatic heterocycles. The van der Waals surface area contributed by atoms with E-state index < -0.39 is 17.9 Å². The SMILES string of the molecule is COc1ccc(C(=O)O[C@@H](C)C(=O)NC2CCCCCC2)c(F)c1. The lowest BCUT2D eigenvalue weighted by atomic mass is 10.1. The Balaban J connectivity index is 1.91. The first-order chi connectivity index (χ1) is 11.5. The number of hydrogen-bond acceptors (Lipinski definition) is 4. The fourth-order valence-electron chi connectivity index (χ4n) is 2.81. The Bertz CT molecular complexity index is 582. The second-order valence-corrected chi connectivity index (χ2v) is 6.09. The summed E-state index contributed by atoms with van der Waals surface area (Å²) in [5, 5.41) is 2.92. The van der Waals surface area contributed by atoms with Crippen molar-refractivity contribution < 1.29 is 23.5 Å². The van der Waals surface area contributed by atoms with Gasteiger partial charge in [-0.05, 0) is 31.9 Å². The first-order valence-electron chi connectivity index (χ1n) is 8.36. The number of methoxy groups -OCH3 is 1. The number of nitrogens with one attached hydrogen (secondary N) is 1. The van der Waals surface area contributed by atoms with Crippen molar-refractivity contribution in [3.05, 3.63) is 29.6 Å². The summed E-state index contributed by atoms with van der Waals surface area (Å²) in [7, 11) is 1.41. The molecule has 0 aromatic heterocycles. The van der Waals surface area contributed by atoms with Crippen molar-refractivity contribution in [1.29, 1.82) is 0 Å². The van der Waals surface area contributed by atoms with Crippen LogP contribution in [-0.2, 0) is 9.53 Å². The number of carbonyl (C=O) groups is 2. The lowest BCUT2D eigenvalue weighted by Crippen LogP contribution is -2.41. The molecule has 1 aromatic carbocycles. The molecule has 1 amide bonds. The van der Waals surface area contributed by atoms with Crippen molar-refractivity contribution in [2.24, 2.45) is 0 Å². The van der Waals surface area contributed by atoms with Crippen LogP contribution in [0.5, 0.6) is 5.75 Å². The molecule has 1 atom stereocenters. The number of hydrogen-bond donors (Lipinski definition) is 1. The van der Waals surface area contributed by atoms with E-state index in [1.807, 2.05) is 0 Å². The lowest BCUT2D eigenvalue weighted by Gasteiger charge is -2.19. The highest BCUT2D eigenvalue weighted by molar-refractivity contribution is 5.92. The van der Waals surface area contributed by atoms with Gasteiger partial charge in [-0.25, -0.2) is 9.18 Å². The van der Waals surface area contributed by atoms with Crippen LogP contribution in [0.4, 0.5) is 4.39 Å². The summed E-state index contributed by atoms with van der Waals surface area (Å²) >= 11 is 0. The highest BCUT2D eigenvalue weighted by atomic mass is 19.1. The van der Waals surface area contributed by atoms with E-state index in [1.54, 1.807) is 0 Å². The number of amides is 1. The summed E-state index contributed by atoms with van der Waals surface area (Å²) in [6.07, 6.45) is 5.48. The Labute approximate surface area is 141 Å². The van der Waals surface area contributed by atoms with Crippen molar-refractivity contribution in [2.75, 3.05) is 7.11 Å². The molecule has 1 saturated carbocycles. The monoisotopic (exact) mass is 337 g/mol. The predicted molar refractivity (Wildman–Crippen MR) is 87.5 cm³/mol. The molecule has 2 rings (SSSR count). The Morgan fingerprint density at radius 1 is 1.21 bits per heavy atom. The minimum Gasteiger partial charge on any atom is -0.497 e. The van der Waals surface area contributed by atoms with Gasteiger partial charge in [-0.1, -0.05) is 25.7 Å². The normalized spacial score (nSPS) is 16.8. The maximum Gasteiger partial charge on any atom is 0.341 e. The molecule has 6 heteroatoms. The summed E-state index contributed by atoms with van der Waals surface area (Å²) in [6.45, 7) is 1.49. The van der Waals surface area contributed by atoms with E-state index in [0.717, 1.165) is 31.7 Å². The van der Waals surface area contributed by atoms with Gasteiger partial charge in [-0.2, -0.15) is 0 Å². The van der Waals surface area contributed by atoms with Gasteiger partial charge in [0.05, 0.1) is 12.7 Å². The standard InChI is InChI=1S/C18H24FNO4/c1-12(17(21)20-13-7-5-3-4-6-8-13)24-18(22)15-10-9-14(23-2)11-16(15)19/h9-13H,3-8H2,1-2H3,(H,20,21)/t12-/m0/s1. The van der Waals surface area contributed by atoms with Gasteiger partial charge in [0.15, 0.2) is 6.10 Å². The summed E-state index contributed by atoms with van der Waals surface area (Å²) in [5.41, 5.74) is -0.218. The molecule has 0 bridgehead atoms. The number of carbonyl (C=O) groups excluding carboxylic acids is 2. The van der Waals surface area contributed by atoms with Gasteiger partial charge >= 0.3 is 5.97 Å². The average Bonchev–Trinajstić information content (AvgIpc) is 2.83. The maximum atomic E-state index is 13.9. The van der Waals surface area contributed by atoms with Crippen LogP contribution in [0.15, 0.2) is 18.2 Å². The molecular weight excluding hydrogens is 313 g/mol. The second kappa shape index (κ2) is 8.66. The molecule has 132 valence electrons. The molecular formula is C18H24FNO4. The summed E-state index contributed by atoms with van der Waals surface area (Å²) < 4.78 is 23.9. The number of ether oxygens (including phenoxy) is 2. The third kappa shape index (κ3) is 4.94. The van der Waals surface area contributed by atoms with E-state index in [9.17, 15) is 14.0 Å². The maximum absolute atomic E-state index is 13.9. The Morgan fingerprint density at radius 3 is 2.46 bits per heavy atom. The second-order valence-electron chi connectivity index (χ2n) is 6.09. The zero-order valence-corrected chi connectivity index (χ0v) is 14.1. The van der Waals surface area contributed by atoms with Gasteiger partial charge in [-0.15, -0.1) is 0 Å². The van der Waals surface area contributed by atoms with E-state index >= 15 is 0 Å². The first-order valence-corrected chi connectivity index (χ1v) is 8.36. The molecule has 24 heavy (non-hydrogen) atoms. The third-order valence-electron chi connectivity index (χ3n) is 4.25. The van der Waals surface area contributed by atoms with Crippen LogP contribution in [0.1, 0.15) is 55.8 Å². The van der Waals surface area contributed by atoms with Gasteiger partial charge in [0, 0.05) is 12.1 Å². The van der Waals surface area contributed by atoms with Crippen molar-refractivity contribution in [2.45, 2.75) is 57.6 Å². The van der Waals surface area contributed by atoms with Gasteiger partial charge in [0.1, 0.15) is 11.6 Å². The van der Waals surface area contributed by atoms with Crippen LogP contribution < -0.4 is 10.1 Å². The number of benzene rings is 1. The van der Waals surface area contributed by atoms with Crippen molar-refractivity contribution >= 4 is 11.9 Å². The molecule has 1 fully saturated rings. The van der Waals surface area contributed by atoms with Crippen molar-refractivity contribution in [3.63, 3.8) is 0 Å². The van der Waals surface area contributed by atoms with Gasteiger partial charge in [0.25, 0.3) is 5.91 Å². The number of rotatable bonds is 5. The quantitative estimate of drug-likeness (QED) is 0.662. The molecule has 1 aliphatic carbocycles. The van der Waals surface area contributed by atoms with Crippen LogP contribution in [-0.4, -0.2) is 31.1 Å².